The molecule has 63 heavy (non-hydrogen) atoms. The van der Waals surface area contributed by atoms with Crippen molar-refractivity contribution < 1.29 is 68.8 Å². The first-order valence-corrected chi connectivity index (χ1v) is 20.0. The van der Waals surface area contributed by atoms with Crippen LogP contribution in [0.1, 0.15) is 54.4 Å². The molecule has 4 aromatic carbocycles. The van der Waals surface area contributed by atoms with Gasteiger partial charge in [-0.3, -0.25) is 14.6 Å². The van der Waals surface area contributed by atoms with Crippen LogP contribution in [0.25, 0.3) is 0 Å². The molecule has 0 aromatic heterocycles. The summed E-state index contributed by atoms with van der Waals surface area (Å²) in [5.41, 5.74) is 6.15. The van der Waals surface area contributed by atoms with Crippen LogP contribution in [0.3, 0.4) is 0 Å². The molecule has 10 nitrogen and oxygen atoms in total. The molecule has 0 bridgehead atoms. The molecule has 3 N–H and O–H groups in total. The number of carbonyl (C=O) groups excluding carboxylic acids is 1. The van der Waals surface area contributed by atoms with Crippen molar-refractivity contribution in [2.45, 2.75) is 63.6 Å². The van der Waals surface area contributed by atoms with Gasteiger partial charge in [-0.15, -0.1) is 0 Å². The summed E-state index contributed by atoms with van der Waals surface area (Å²) in [6.45, 7) is 4.30. The van der Waals surface area contributed by atoms with Crippen LogP contribution in [-0.4, -0.2) is 86.3 Å². The van der Waals surface area contributed by atoms with Gasteiger partial charge < -0.3 is 29.8 Å². The van der Waals surface area contributed by atoms with Crippen molar-refractivity contribution in [1.29, 1.82) is 0 Å². The minimum absolute atomic E-state index is 0.0735. The number of ketones is 1. The normalized spacial score (nSPS) is 15.3. The van der Waals surface area contributed by atoms with E-state index in [4.69, 9.17) is 25.1 Å². The van der Waals surface area contributed by atoms with E-state index in [0.717, 1.165) is 106 Å². The first-order chi connectivity index (χ1) is 29.8. The SMILES string of the molecule is COc1ccc(CN2CCC(CC(=O)COc3ccc(C(F)(F)F)cc3)CC2)cc1F.COc1ccc(CN2CCC(N)CC2)cc1F.O=C(O)COc1ccc(C(F)(F)F)cc1. The third kappa shape index (κ3) is 17.3. The van der Waals surface area contributed by atoms with Gasteiger partial charge in [-0.1, -0.05) is 12.1 Å². The number of Topliss-reactive ketones (excluding diaryl/α,β-unsaturated/α-hetero) is 1. The highest BCUT2D eigenvalue weighted by molar-refractivity contribution is 5.80. The van der Waals surface area contributed by atoms with Crippen molar-refractivity contribution in [3.8, 4) is 23.0 Å². The lowest BCUT2D eigenvalue weighted by Gasteiger charge is -2.31. The number of nitrogens with two attached hydrogens (primary N) is 1. The summed E-state index contributed by atoms with van der Waals surface area (Å²) >= 11 is 0. The zero-order valence-corrected chi connectivity index (χ0v) is 34.8. The lowest BCUT2D eigenvalue weighted by molar-refractivity contribution is -0.140. The van der Waals surface area contributed by atoms with Crippen molar-refractivity contribution in [3.63, 3.8) is 0 Å². The van der Waals surface area contributed by atoms with Crippen LogP contribution in [0, 0.1) is 17.6 Å². The number of methoxy groups -OCH3 is 2. The number of aliphatic carboxylic acids is 1. The maximum atomic E-state index is 13.8. The number of carbonyl (C=O) groups is 2. The van der Waals surface area contributed by atoms with Gasteiger partial charge in [0.05, 0.1) is 25.3 Å². The maximum Gasteiger partial charge on any atom is 0.416 e. The topological polar surface area (TPSA) is 124 Å². The third-order valence-corrected chi connectivity index (χ3v) is 10.2. The summed E-state index contributed by atoms with van der Waals surface area (Å²) in [4.78, 5) is 26.8. The van der Waals surface area contributed by atoms with Gasteiger partial charge in [0.2, 0.25) is 0 Å². The lowest BCUT2D eigenvalue weighted by atomic mass is 9.91. The van der Waals surface area contributed by atoms with Crippen molar-refractivity contribution in [2.24, 2.45) is 11.7 Å². The number of halogens is 8. The second kappa shape index (κ2) is 23.8. The molecular weight excluding hydrogens is 846 g/mol. The fourth-order valence-corrected chi connectivity index (χ4v) is 6.76. The van der Waals surface area contributed by atoms with Gasteiger partial charge in [0, 0.05) is 25.6 Å². The molecule has 0 atom stereocenters. The Kier molecular flexibility index (Phi) is 19.0. The highest BCUT2D eigenvalue weighted by atomic mass is 19.4. The Labute approximate surface area is 360 Å². The molecule has 2 heterocycles. The van der Waals surface area contributed by atoms with Crippen LogP contribution < -0.4 is 24.7 Å². The van der Waals surface area contributed by atoms with Crippen molar-refractivity contribution in [1.82, 2.24) is 9.80 Å². The number of carboxylic acid groups (broad SMARTS) is 1. The quantitative estimate of drug-likeness (QED) is 0.119. The van der Waals surface area contributed by atoms with Gasteiger partial charge in [-0.25, -0.2) is 13.6 Å². The molecule has 18 heteroatoms. The fraction of sp³-hybridized carbons (Fsp3) is 0.422. The Morgan fingerprint density at radius 3 is 1.40 bits per heavy atom. The Bertz CT molecular complexity index is 2030. The first-order valence-electron chi connectivity index (χ1n) is 20.0. The van der Waals surface area contributed by atoms with Crippen LogP contribution >= 0.6 is 0 Å². The second-order valence-electron chi connectivity index (χ2n) is 15.0. The van der Waals surface area contributed by atoms with E-state index in [1.807, 2.05) is 12.1 Å². The zero-order chi connectivity index (χ0) is 46.2. The standard InChI is InChI=1S/C23H25F4NO3.C13H19FN2O.C9H7F3O3/c1-30-22-7-2-17(13-21(22)24)14-28-10-8-16(9-11-28)12-19(29)15-31-20-5-3-18(4-6-20)23(25,26)27;1-17-13-3-2-10(8-12(13)14)9-16-6-4-11(15)5-7-16;10-9(11,12)6-1-3-7(4-2-6)15-5-8(13)14/h2-7,13,16H,8-12,14-15H2,1H3;2-3,8,11H,4-7,9,15H2,1H3;1-4H,5H2,(H,13,14). The summed E-state index contributed by atoms with van der Waals surface area (Å²) in [6.07, 6.45) is -4.66. The minimum atomic E-state index is -4.40. The largest absolute Gasteiger partial charge is 0.494 e. The number of carboxylic acids is 1. The third-order valence-electron chi connectivity index (χ3n) is 10.2. The second-order valence-corrected chi connectivity index (χ2v) is 15.0. The molecule has 0 amide bonds. The average molecular weight is 898 g/mol. The molecule has 2 aliphatic heterocycles. The van der Waals surface area contributed by atoms with Crippen LogP contribution in [0.4, 0.5) is 35.1 Å². The zero-order valence-electron chi connectivity index (χ0n) is 34.8. The van der Waals surface area contributed by atoms with E-state index in [1.54, 1.807) is 18.2 Å². The summed E-state index contributed by atoms with van der Waals surface area (Å²) in [5.74, 6) is -0.840. The summed E-state index contributed by atoms with van der Waals surface area (Å²) in [7, 11) is 2.91. The van der Waals surface area contributed by atoms with Gasteiger partial charge in [0.1, 0.15) is 18.1 Å². The maximum absolute atomic E-state index is 13.8. The van der Waals surface area contributed by atoms with E-state index < -0.39 is 36.1 Å². The predicted octanol–water partition coefficient (Wildman–Crippen LogP) is 9.03. The number of rotatable bonds is 14. The predicted molar refractivity (Wildman–Crippen MR) is 218 cm³/mol. The number of likely N-dealkylation sites (tertiary alicyclic amines) is 2. The highest BCUT2D eigenvalue weighted by Crippen LogP contribution is 2.32. The van der Waals surface area contributed by atoms with Crippen molar-refractivity contribution in [3.05, 3.63) is 119 Å². The molecule has 0 radical (unpaired) electrons. The Balaban J connectivity index is 0.000000229. The molecule has 0 saturated carbocycles. The van der Waals surface area contributed by atoms with E-state index in [1.165, 1.54) is 32.4 Å². The molecule has 4 aromatic rings. The van der Waals surface area contributed by atoms with Gasteiger partial charge >= 0.3 is 18.3 Å². The van der Waals surface area contributed by atoms with E-state index in [-0.39, 0.29) is 47.2 Å². The summed E-state index contributed by atoms with van der Waals surface area (Å²) < 4.78 is 121. The number of benzene rings is 4. The summed E-state index contributed by atoms with van der Waals surface area (Å²) in [6, 6.07) is 18.5. The highest BCUT2D eigenvalue weighted by Gasteiger charge is 2.31. The van der Waals surface area contributed by atoms with E-state index >= 15 is 0 Å². The van der Waals surface area contributed by atoms with E-state index in [9.17, 15) is 44.7 Å². The van der Waals surface area contributed by atoms with Crippen molar-refractivity contribution >= 4 is 11.8 Å². The van der Waals surface area contributed by atoms with Crippen LogP contribution in [-0.2, 0) is 35.0 Å². The Hall–Kier alpha value is -5.46. The van der Waals surface area contributed by atoms with Crippen molar-refractivity contribution in [2.75, 3.05) is 53.6 Å². The Morgan fingerprint density at radius 2 is 1.03 bits per heavy atom. The number of ether oxygens (including phenoxy) is 4. The number of hydrogen-bond donors (Lipinski definition) is 2. The molecule has 6 rings (SSSR count). The molecule has 2 fully saturated rings. The van der Waals surface area contributed by atoms with E-state index in [2.05, 4.69) is 14.5 Å². The monoisotopic (exact) mass is 897 g/mol. The number of nitrogens with zero attached hydrogens (tertiary/aromatic N) is 2. The number of hydrogen-bond acceptors (Lipinski definition) is 9. The summed E-state index contributed by atoms with van der Waals surface area (Å²) in [5, 5.41) is 8.25. The van der Waals surface area contributed by atoms with Gasteiger partial charge in [0.25, 0.3) is 0 Å². The molecule has 2 aliphatic rings. The number of alkyl halides is 6. The van der Waals surface area contributed by atoms with Gasteiger partial charge in [0.15, 0.2) is 35.5 Å². The first kappa shape index (κ1) is 50.2. The minimum Gasteiger partial charge on any atom is -0.494 e. The fourth-order valence-electron chi connectivity index (χ4n) is 6.76. The molecule has 2 saturated heterocycles. The van der Waals surface area contributed by atoms with Gasteiger partial charge in [-0.05, 0) is 142 Å². The molecule has 0 unspecified atom stereocenters. The molecule has 0 spiro atoms. The Morgan fingerprint density at radius 1 is 0.635 bits per heavy atom. The van der Waals surface area contributed by atoms with Gasteiger partial charge in [-0.2, -0.15) is 26.3 Å². The van der Waals surface area contributed by atoms with E-state index in [0.29, 0.717) is 24.8 Å². The molecule has 344 valence electrons. The smallest absolute Gasteiger partial charge is 0.416 e. The molecule has 0 aliphatic carbocycles. The van der Waals surface area contributed by atoms with Crippen LogP contribution in [0.5, 0.6) is 23.0 Å². The van der Waals surface area contributed by atoms with Crippen LogP contribution in [0.2, 0.25) is 0 Å². The number of piperidine rings is 2. The molecular formula is C45H51F8N3O7. The van der Waals surface area contributed by atoms with Crippen LogP contribution in [0.15, 0.2) is 84.9 Å². The average Bonchev–Trinajstić information content (AvgIpc) is 3.24. The lowest BCUT2D eigenvalue weighted by Crippen LogP contribution is -2.39.